The van der Waals surface area contributed by atoms with Crippen molar-refractivity contribution in [3.05, 3.63) is 65.2 Å². The molecule has 2 aromatic carbocycles. The first-order valence-corrected chi connectivity index (χ1v) is 5.73. The Hall–Kier alpha value is -2.29. The van der Waals surface area contributed by atoms with Crippen LogP contribution in [0.1, 0.15) is 27.6 Å². The largest absolute Gasteiger partial charge is 0.497 e. The van der Waals surface area contributed by atoms with Gasteiger partial charge in [0.05, 0.1) is 12.7 Å². The molecule has 0 bridgehead atoms. The van der Waals surface area contributed by atoms with Crippen LogP contribution >= 0.6 is 0 Å². The van der Waals surface area contributed by atoms with Gasteiger partial charge in [0.25, 0.3) is 0 Å². The van der Waals surface area contributed by atoms with E-state index >= 15 is 0 Å². The Morgan fingerprint density at radius 1 is 1.11 bits per heavy atom. The number of carbonyl (C=O) groups is 1. The van der Waals surface area contributed by atoms with E-state index in [9.17, 15) is 4.79 Å². The van der Waals surface area contributed by atoms with Crippen LogP contribution in [0.4, 0.5) is 0 Å². The van der Waals surface area contributed by atoms with Crippen molar-refractivity contribution in [2.24, 2.45) is 0 Å². The van der Waals surface area contributed by atoms with Gasteiger partial charge in [0.15, 0.2) is 6.10 Å². The molecule has 18 heavy (non-hydrogen) atoms. The lowest BCUT2D eigenvalue weighted by Gasteiger charge is -2.12. The molecular formula is C15H12O3. The van der Waals surface area contributed by atoms with Crippen LogP contribution in [0.3, 0.4) is 0 Å². The third kappa shape index (κ3) is 1.64. The molecular weight excluding hydrogens is 228 g/mol. The van der Waals surface area contributed by atoms with Crippen molar-refractivity contribution < 1.29 is 14.3 Å². The van der Waals surface area contributed by atoms with E-state index in [2.05, 4.69) is 0 Å². The maximum absolute atomic E-state index is 11.8. The molecule has 0 amide bonds. The number of fused-ring (bicyclic) bond motifs is 1. The van der Waals surface area contributed by atoms with Gasteiger partial charge in [0.1, 0.15) is 5.75 Å². The maximum Gasteiger partial charge on any atom is 0.339 e. The average Bonchev–Trinajstić information content (AvgIpc) is 2.77. The van der Waals surface area contributed by atoms with E-state index in [1.807, 2.05) is 42.5 Å². The number of benzene rings is 2. The molecule has 0 radical (unpaired) electrons. The Morgan fingerprint density at radius 2 is 1.94 bits per heavy atom. The molecule has 0 aromatic heterocycles. The SMILES string of the molecule is COc1cccc(C2OC(=O)c3ccccc32)c1. The van der Waals surface area contributed by atoms with Crippen molar-refractivity contribution in [1.29, 1.82) is 0 Å². The summed E-state index contributed by atoms with van der Waals surface area (Å²) in [5.41, 5.74) is 2.48. The second kappa shape index (κ2) is 4.18. The molecule has 1 aliphatic heterocycles. The first-order chi connectivity index (χ1) is 8.79. The third-order valence-corrected chi connectivity index (χ3v) is 3.08. The average molecular weight is 240 g/mol. The van der Waals surface area contributed by atoms with Gasteiger partial charge < -0.3 is 9.47 Å². The number of esters is 1. The predicted octanol–water partition coefficient (Wildman–Crippen LogP) is 2.96. The molecule has 3 rings (SSSR count). The number of ether oxygens (including phenoxy) is 2. The van der Waals surface area contributed by atoms with Crippen LogP contribution < -0.4 is 4.74 Å². The van der Waals surface area contributed by atoms with Crippen LogP contribution in [0.5, 0.6) is 5.75 Å². The summed E-state index contributed by atoms with van der Waals surface area (Å²) >= 11 is 0. The predicted molar refractivity (Wildman–Crippen MR) is 66.7 cm³/mol. The van der Waals surface area contributed by atoms with E-state index in [1.165, 1.54) is 0 Å². The van der Waals surface area contributed by atoms with Crippen molar-refractivity contribution in [3.63, 3.8) is 0 Å². The van der Waals surface area contributed by atoms with Gasteiger partial charge in [0, 0.05) is 11.1 Å². The highest BCUT2D eigenvalue weighted by Gasteiger charge is 2.31. The Morgan fingerprint density at radius 3 is 2.78 bits per heavy atom. The molecule has 0 fully saturated rings. The molecule has 90 valence electrons. The highest BCUT2D eigenvalue weighted by atomic mass is 16.5. The van der Waals surface area contributed by atoms with Crippen LogP contribution in [-0.4, -0.2) is 13.1 Å². The molecule has 0 saturated heterocycles. The van der Waals surface area contributed by atoms with Crippen LogP contribution in [0.2, 0.25) is 0 Å². The minimum absolute atomic E-state index is 0.265. The van der Waals surface area contributed by atoms with Crippen molar-refractivity contribution in [1.82, 2.24) is 0 Å². The molecule has 1 aliphatic rings. The van der Waals surface area contributed by atoms with Crippen LogP contribution in [0, 0.1) is 0 Å². The van der Waals surface area contributed by atoms with Crippen LogP contribution in [-0.2, 0) is 4.74 Å². The Kier molecular flexibility index (Phi) is 2.52. The van der Waals surface area contributed by atoms with Gasteiger partial charge in [-0.3, -0.25) is 0 Å². The number of hydrogen-bond acceptors (Lipinski definition) is 3. The Balaban J connectivity index is 2.06. The minimum Gasteiger partial charge on any atom is -0.497 e. The number of cyclic esters (lactones) is 1. The lowest BCUT2D eigenvalue weighted by Crippen LogP contribution is -2.00. The summed E-state index contributed by atoms with van der Waals surface area (Å²) in [5.74, 6) is 0.492. The van der Waals surface area contributed by atoms with E-state index in [-0.39, 0.29) is 12.1 Å². The smallest absolute Gasteiger partial charge is 0.339 e. The number of rotatable bonds is 2. The quantitative estimate of drug-likeness (QED) is 0.757. The lowest BCUT2D eigenvalue weighted by atomic mass is 9.99. The molecule has 1 atom stereocenters. The van der Waals surface area contributed by atoms with Gasteiger partial charge in [0.2, 0.25) is 0 Å². The van der Waals surface area contributed by atoms with Gasteiger partial charge in [-0.15, -0.1) is 0 Å². The summed E-state index contributed by atoms with van der Waals surface area (Å²) in [7, 11) is 1.62. The second-order valence-corrected chi connectivity index (χ2v) is 4.15. The zero-order chi connectivity index (χ0) is 12.5. The number of methoxy groups -OCH3 is 1. The molecule has 0 aliphatic carbocycles. The zero-order valence-electron chi connectivity index (χ0n) is 9.92. The van der Waals surface area contributed by atoms with E-state index in [4.69, 9.17) is 9.47 Å². The van der Waals surface area contributed by atoms with Crippen molar-refractivity contribution in [2.75, 3.05) is 7.11 Å². The van der Waals surface area contributed by atoms with Gasteiger partial charge in [-0.05, 0) is 18.2 Å². The van der Waals surface area contributed by atoms with Crippen molar-refractivity contribution in [2.45, 2.75) is 6.10 Å². The summed E-state index contributed by atoms with van der Waals surface area (Å²) < 4.78 is 10.6. The molecule has 3 nitrogen and oxygen atoms in total. The van der Waals surface area contributed by atoms with Gasteiger partial charge in [-0.25, -0.2) is 4.79 Å². The lowest BCUT2D eigenvalue weighted by molar-refractivity contribution is 0.0455. The fourth-order valence-corrected chi connectivity index (χ4v) is 2.20. The second-order valence-electron chi connectivity index (χ2n) is 4.15. The van der Waals surface area contributed by atoms with Crippen molar-refractivity contribution in [3.8, 4) is 5.75 Å². The fourth-order valence-electron chi connectivity index (χ4n) is 2.20. The van der Waals surface area contributed by atoms with E-state index < -0.39 is 0 Å². The van der Waals surface area contributed by atoms with Crippen LogP contribution in [0.15, 0.2) is 48.5 Å². The summed E-state index contributed by atoms with van der Waals surface area (Å²) in [5, 5.41) is 0. The highest BCUT2D eigenvalue weighted by molar-refractivity contribution is 5.94. The first-order valence-electron chi connectivity index (χ1n) is 5.73. The van der Waals surface area contributed by atoms with E-state index in [0.717, 1.165) is 16.9 Å². The molecule has 0 N–H and O–H groups in total. The van der Waals surface area contributed by atoms with Crippen LogP contribution in [0.25, 0.3) is 0 Å². The minimum atomic E-state index is -0.330. The van der Waals surface area contributed by atoms with Gasteiger partial charge in [-0.1, -0.05) is 30.3 Å². The molecule has 1 unspecified atom stereocenters. The number of hydrogen-bond donors (Lipinski definition) is 0. The Labute approximate surface area is 105 Å². The maximum atomic E-state index is 11.8. The summed E-state index contributed by atoms with van der Waals surface area (Å²) in [4.78, 5) is 11.8. The van der Waals surface area contributed by atoms with Crippen molar-refractivity contribution >= 4 is 5.97 Å². The number of carbonyl (C=O) groups excluding carboxylic acids is 1. The monoisotopic (exact) mass is 240 g/mol. The molecule has 3 heteroatoms. The normalized spacial score (nSPS) is 17.2. The zero-order valence-corrected chi connectivity index (χ0v) is 9.92. The first kappa shape index (κ1) is 10.8. The van der Waals surface area contributed by atoms with Gasteiger partial charge in [-0.2, -0.15) is 0 Å². The molecule has 0 spiro atoms. The molecule has 1 heterocycles. The van der Waals surface area contributed by atoms with E-state index in [0.29, 0.717) is 5.56 Å². The topological polar surface area (TPSA) is 35.5 Å². The summed E-state index contributed by atoms with van der Waals surface area (Å²) in [6.07, 6.45) is -0.330. The third-order valence-electron chi connectivity index (χ3n) is 3.08. The fraction of sp³-hybridized carbons (Fsp3) is 0.133. The Bertz CT molecular complexity index is 604. The van der Waals surface area contributed by atoms with Gasteiger partial charge >= 0.3 is 5.97 Å². The molecule has 0 saturated carbocycles. The molecule has 2 aromatic rings. The standard InChI is InChI=1S/C15H12O3/c1-17-11-6-4-5-10(9-11)14-12-7-2-3-8-13(12)15(16)18-14/h2-9,14H,1H3. The van der Waals surface area contributed by atoms with E-state index in [1.54, 1.807) is 13.2 Å². The highest BCUT2D eigenvalue weighted by Crippen LogP contribution is 2.36. The summed E-state index contributed by atoms with van der Waals surface area (Å²) in [6.45, 7) is 0. The summed E-state index contributed by atoms with van der Waals surface area (Å²) in [6, 6.07) is 15.0.